The number of amides is 1. The molecule has 2 heterocycles. The zero-order valence-corrected chi connectivity index (χ0v) is 14.9. The molecule has 0 saturated carbocycles. The highest BCUT2D eigenvalue weighted by Crippen LogP contribution is 2.25. The Morgan fingerprint density at radius 3 is 2.67 bits per heavy atom. The predicted molar refractivity (Wildman–Crippen MR) is 101 cm³/mol. The van der Waals surface area contributed by atoms with E-state index in [-0.39, 0.29) is 17.0 Å². The molecule has 0 saturated heterocycles. The average Bonchev–Trinajstić information content (AvgIpc) is 2.64. The van der Waals surface area contributed by atoms with Crippen molar-refractivity contribution in [1.29, 1.82) is 5.26 Å². The van der Waals surface area contributed by atoms with E-state index < -0.39 is 11.5 Å². The van der Waals surface area contributed by atoms with Crippen molar-refractivity contribution in [3.8, 4) is 17.7 Å². The molecule has 1 amide bonds. The molecule has 1 aromatic carbocycles. The number of carbonyl (C=O) groups excluding carboxylic acids is 1. The smallest absolute Gasteiger partial charge is 0.269 e. The van der Waals surface area contributed by atoms with Crippen molar-refractivity contribution in [3.63, 3.8) is 0 Å². The average molecular weight is 381 g/mol. The van der Waals surface area contributed by atoms with Gasteiger partial charge in [0.05, 0.1) is 0 Å². The van der Waals surface area contributed by atoms with E-state index in [4.69, 9.17) is 27.3 Å². The Bertz CT molecular complexity index is 1170. The zero-order chi connectivity index (χ0) is 19.6. The molecule has 2 aromatic heterocycles. The Hall–Kier alpha value is -3.63. The molecule has 0 fully saturated rings. The second-order valence-electron chi connectivity index (χ2n) is 5.61. The van der Waals surface area contributed by atoms with Gasteiger partial charge in [0.15, 0.2) is 0 Å². The third-order valence-corrected chi connectivity index (χ3v) is 4.00. The Morgan fingerprint density at radius 2 is 2.04 bits per heavy atom. The molecule has 0 bridgehead atoms. The van der Waals surface area contributed by atoms with Gasteiger partial charge >= 0.3 is 0 Å². The molecule has 0 unspecified atom stereocenters. The van der Waals surface area contributed by atoms with Crippen LogP contribution >= 0.6 is 11.6 Å². The molecular formula is C19H13ClN4O3. The van der Waals surface area contributed by atoms with Gasteiger partial charge in [-0.15, -0.1) is 0 Å². The summed E-state index contributed by atoms with van der Waals surface area (Å²) in [6, 6.07) is 11.6. The number of hydrogen-bond acceptors (Lipinski definition) is 5. The van der Waals surface area contributed by atoms with Crippen LogP contribution in [0.1, 0.15) is 11.1 Å². The lowest BCUT2D eigenvalue weighted by Crippen LogP contribution is -2.20. The molecule has 27 heavy (non-hydrogen) atoms. The SMILES string of the molecule is Cc1cccn2c(=O)c(C=C(C#N)C(N)=O)c(Oc3ccc(Cl)cc3)nc12. The van der Waals surface area contributed by atoms with Crippen LogP contribution in [0.4, 0.5) is 0 Å². The Balaban J connectivity index is 2.28. The van der Waals surface area contributed by atoms with E-state index in [1.54, 1.807) is 49.4 Å². The number of rotatable bonds is 4. The molecule has 3 aromatic rings. The lowest BCUT2D eigenvalue weighted by Gasteiger charge is -2.11. The maximum atomic E-state index is 12.9. The van der Waals surface area contributed by atoms with E-state index in [0.29, 0.717) is 16.4 Å². The van der Waals surface area contributed by atoms with Crippen LogP contribution in [0, 0.1) is 18.3 Å². The predicted octanol–water partition coefficient (Wildman–Crippen LogP) is 2.84. The fourth-order valence-electron chi connectivity index (χ4n) is 2.41. The monoisotopic (exact) mass is 380 g/mol. The Labute approximate surface area is 158 Å². The lowest BCUT2D eigenvalue weighted by molar-refractivity contribution is -0.114. The van der Waals surface area contributed by atoms with Gasteiger partial charge in [-0.2, -0.15) is 10.2 Å². The summed E-state index contributed by atoms with van der Waals surface area (Å²) in [5.74, 6) is -0.620. The molecule has 8 heteroatoms. The van der Waals surface area contributed by atoms with Crippen LogP contribution in [0.15, 0.2) is 53.0 Å². The number of carbonyl (C=O) groups is 1. The minimum atomic E-state index is -0.955. The first-order chi connectivity index (χ1) is 12.9. The maximum absolute atomic E-state index is 12.9. The van der Waals surface area contributed by atoms with E-state index in [1.807, 2.05) is 0 Å². The van der Waals surface area contributed by atoms with Crippen LogP contribution in [0.5, 0.6) is 11.6 Å². The molecule has 134 valence electrons. The first-order valence-corrected chi connectivity index (χ1v) is 8.15. The lowest BCUT2D eigenvalue weighted by atomic mass is 10.1. The molecule has 0 aliphatic carbocycles. The molecule has 0 radical (unpaired) electrons. The number of aryl methyl sites for hydroxylation is 1. The second-order valence-corrected chi connectivity index (χ2v) is 6.05. The van der Waals surface area contributed by atoms with Crippen molar-refractivity contribution in [2.24, 2.45) is 5.73 Å². The Kier molecular flexibility index (Phi) is 4.92. The van der Waals surface area contributed by atoms with Crippen molar-refractivity contribution in [3.05, 3.63) is 74.7 Å². The number of aromatic nitrogens is 2. The highest BCUT2D eigenvalue weighted by Gasteiger charge is 2.17. The first-order valence-electron chi connectivity index (χ1n) is 7.77. The van der Waals surface area contributed by atoms with Gasteiger partial charge in [0.2, 0.25) is 5.88 Å². The van der Waals surface area contributed by atoms with E-state index in [2.05, 4.69) is 4.98 Å². The van der Waals surface area contributed by atoms with Crippen molar-refractivity contribution in [2.75, 3.05) is 0 Å². The second kappa shape index (κ2) is 7.32. The van der Waals surface area contributed by atoms with Crippen molar-refractivity contribution in [1.82, 2.24) is 9.38 Å². The first kappa shape index (κ1) is 18.2. The fourth-order valence-corrected chi connectivity index (χ4v) is 2.54. The van der Waals surface area contributed by atoms with Crippen LogP contribution in [0.2, 0.25) is 5.02 Å². The molecular weight excluding hydrogens is 368 g/mol. The van der Waals surface area contributed by atoms with Gasteiger partial charge in [-0.1, -0.05) is 17.7 Å². The highest BCUT2D eigenvalue weighted by molar-refractivity contribution is 6.30. The summed E-state index contributed by atoms with van der Waals surface area (Å²) < 4.78 is 7.06. The summed E-state index contributed by atoms with van der Waals surface area (Å²) in [5.41, 5.74) is 5.38. The molecule has 2 N–H and O–H groups in total. The van der Waals surface area contributed by atoms with Gasteiger partial charge in [0, 0.05) is 11.2 Å². The molecule has 0 aliphatic rings. The van der Waals surface area contributed by atoms with Crippen LogP contribution < -0.4 is 16.0 Å². The quantitative estimate of drug-likeness (QED) is 0.552. The summed E-state index contributed by atoms with van der Waals surface area (Å²) in [6.45, 7) is 1.80. The topological polar surface area (TPSA) is 110 Å². The summed E-state index contributed by atoms with van der Waals surface area (Å²) in [5, 5.41) is 9.63. The number of nitriles is 1. The van der Waals surface area contributed by atoms with Gasteiger partial charge in [-0.05, 0) is 48.9 Å². The fraction of sp³-hybridized carbons (Fsp3) is 0.0526. The maximum Gasteiger partial charge on any atom is 0.269 e. The van der Waals surface area contributed by atoms with Crippen molar-refractivity contribution in [2.45, 2.75) is 6.92 Å². The normalized spacial score (nSPS) is 11.2. The minimum absolute atomic E-state index is 0.0503. The standard InChI is InChI=1S/C19H13ClN4O3/c1-11-3-2-8-24-17(11)23-18(27-14-6-4-13(20)5-7-14)15(19(24)26)9-12(10-21)16(22)25/h2-9H,1H3,(H2,22,25). The van der Waals surface area contributed by atoms with Crippen molar-refractivity contribution >= 4 is 29.2 Å². The molecule has 0 spiro atoms. The van der Waals surface area contributed by atoms with Gasteiger partial charge in [0.25, 0.3) is 11.5 Å². The van der Waals surface area contributed by atoms with E-state index in [1.165, 1.54) is 10.6 Å². The van der Waals surface area contributed by atoms with E-state index in [0.717, 1.165) is 11.6 Å². The largest absolute Gasteiger partial charge is 0.438 e. The van der Waals surface area contributed by atoms with Crippen LogP contribution in [0.25, 0.3) is 11.7 Å². The third kappa shape index (κ3) is 3.66. The van der Waals surface area contributed by atoms with Crippen LogP contribution in [0.3, 0.4) is 0 Å². The zero-order valence-electron chi connectivity index (χ0n) is 14.1. The summed E-state index contributed by atoms with van der Waals surface area (Å²) in [7, 11) is 0. The van der Waals surface area contributed by atoms with Crippen LogP contribution in [-0.2, 0) is 4.79 Å². The third-order valence-electron chi connectivity index (χ3n) is 3.75. The number of benzene rings is 1. The summed E-state index contributed by atoms with van der Waals surface area (Å²) in [6.07, 6.45) is 2.62. The Morgan fingerprint density at radius 1 is 1.33 bits per heavy atom. The van der Waals surface area contributed by atoms with Crippen LogP contribution in [-0.4, -0.2) is 15.3 Å². The number of primary amides is 1. The van der Waals surface area contributed by atoms with Gasteiger partial charge < -0.3 is 10.5 Å². The number of hydrogen-bond donors (Lipinski definition) is 1. The minimum Gasteiger partial charge on any atom is -0.438 e. The number of nitrogens with zero attached hydrogens (tertiary/aromatic N) is 3. The van der Waals surface area contributed by atoms with Gasteiger partial charge in [0.1, 0.15) is 28.6 Å². The summed E-state index contributed by atoms with van der Waals surface area (Å²) in [4.78, 5) is 28.8. The number of halogens is 1. The number of ether oxygens (including phenoxy) is 1. The van der Waals surface area contributed by atoms with E-state index >= 15 is 0 Å². The molecule has 0 aliphatic heterocycles. The summed E-state index contributed by atoms with van der Waals surface area (Å²) >= 11 is 5.87. The van der Waals surface area contributed by atoms with E-state index in [9.17, 15) is 9.59 Å². The number of pyridine rings is 1. The van der Waals surface area contributed by atoms with Crippen molar-refractivity contribution < 1.29 is 9.53 Å². The number of fused-ring (bicyclic) bond motifs is 1. The highest BCUT2D eigenvalue weighted by atomic mass is 35.5. The molecule has 0 atom stereocenters. The van der Waals surface area contributed by atoms with Gasteiger partial charge in [-0.3, -0.25) is 14.0 Å². The molecule has 7 nitrogen and oxygen atoms in total. The molecule has 3 rings (SSSR count). The van der Waals surface area contributed by atoms with Gasteiger partial charge in [-0.25, -0.2) is 0 Å². The number of nitrogens with two attached hydrogens (primary N) is 1.